The molecule has 2 aromatic rings. The van der Waals surface area contributed by atoms with Gasteiger partial charge in [0.1, 0.15) is 5.82 Å². The van der Waals surface area contributed by atoms with Gasteiger partial charge in [-0.15, -0.1) is 0 Å². The highest BCUT2D eigenvalue weighted by molar-refractivity contribution is 6.30. The summed E-state index contributed by atoms with van der Waals surface area (Å²) >= 11 is 5.82. The number of Topliss-reactive ketones (excluding diaryl/α,β-unsaturated/α-hetero) is 1. The zero-order valence-electron chi connectivity index (χ0n) is 10.8. The fourth-order valence-corrected chi connectivity index (χ4v) is 2.19. The molecule has 0 radical (unpaired) electrons. The molecule has 2 aromatic carbocycles. The number of aryl methyl sites for hydroxylation is 1. The number of carbonyl (C=O) groups is 1. The zero-order valence-corrected chi connectivity index (χ0v) is 11.6. The van der Waals surface area contributed by atoms with Gasteiger partial charge in [-0.3, -0.25) is 4.79 Å². The first-order valence-electron chi connectivity index (χ1n) is 6.02. The van der Waals surface area contributed by atoms with E-state index in [2.05, 4.69) is 0 Å². The molecule has 19 heavy (non-hydrogen) atoms. The second-order valence-corrected chi connectivity index (χ2v) is 5.02. The SMILES string of the molecule is Cc1cccc(C(=O)Cc2cc(Cl)ccc2F)c1C. The van der Waals surface area contributed by atoms with Crippen LogP contribution < -0.4 is 0 Å². The van der Waals surface area contributed by atoms with Crippen LogP contribution in [0.25, 0.3) is 0 Å². The summed E-state index contributed by atoms with van der Waals surface area (Å²) in [4.78, 5) is 12.2. The second kappa shape index (κ2) is 5.54. The monoisotopic (exact) mass is 276 g/mol. The molecule has 0 amide bonds. The normalized spacial score (nSPS) is 10.5. The molecular weight excluding hydrogens is 263 g/mol. The summed E-state index contributed by atoms with van der Waals surface area (Å²) in [6.45, 7) is 3.85. The van der Waals surface area contributed by atoms with Crippen LogP contribution in [0.15, 0.2) is 36.4 Å². The highest BCUT2D eigenvalue weighted by Gasteiger charge is 2.13. The molecule has 98 valence electrons. The van der Waals surface area contributed by atoms with Crippen LogP contribution in [0.2, 0.25) is 5.02 Å². The quantitative estimate of drug-likeness (QED) is 0.753. The number of halogens is 2. The van der Waals surface area contributed by atoms with E-state index in [1.165, 1.54) is 18.2 Å². The van der Waals surface area contributed by atoms with E-state index in [-0.39, 0.29) is 12.2 Å². The van der Waals surface area contributed by atoms with Crippen LogP contribution in [0.5, 0.6) is 0 Å². The summed E-state index contributed by atoms with van der Waals surface area (Å²) in [5.41, 5.74) is 2.96. The lowest BCUT2D eigenvalue weighted by molar-refractivity contribution is 0.0991. The van der Waals surface area contributed by atoms with E-state index in [1.807, 2.05) is 26.0 Å². The zero-order chi connectivity index (χ0) is 14.0. The lowest BCUT2D eigenvalue weighted by Crippen LogP contribution is -2.07. The summed E-state index contributed by atoms with van der Waals surface area (Å²) in [5, 5.41) is 0.435. The van der Waals surface area contributed by atoms with Crippen molar-refractivity contribution in [3.05, 3.63) is 69.5 Å². The highest BCUT2D eigenvalue weighted by Crippen LogP contribution is 2.19. The molecule has 1 nitrogen and oxygen atoms in total. The second-order valence-electron chi connectivity index (χ2n) is 4.58. The Morgan fingerprint density at radius 2 is 1.95 bits per heavy atom. The first-order valence-corrected chi connectivity index (χ1v) is 6.40. The van der Waals surface area contributed by atoms with Crippen molar-refractivity contribution in [2.75, 3.05) is 0 Å². The van der Waals surface area contributed by atoms with Gasteiger partial charge in [0.25, 0.3) is 0 Å². The third kappa shape index (κ3) is 3.02. The van der Waals surface area contributed by atoms with E-state index < -0.39 is 5.82 Å². The van der Waals surface area contributed by atoms with Crippen molar-refractivity contribution in [1.82, 2.24) is 0 Å². The molecule has 0 aliphatic heterocycles. The average molecular weight is 277 g/mol. The van der Waals surface area contributed by atoms with Gasteiger partial charge in [-0.25, -0.2) is 4.39 Å². The van der Waals surface area contributed by atoms with Gasteiger partial charge in [-0.2, -0.15) is 0 Å². The largest absolute Gasteiger partial charge is 0.294 e. The molecule has 0 unspecified atom stereocenters. The molecular formula is C16H14ClFO. The molecule has 0 aromatic heterocycles. The summed E-state index contributed by atoms with van der Waals surface area (Å²) in [6, 6.07) is 9.82. The van der Waals surface area contributed by atoms with Crippen molar-refractivity contribution in [3.63, 3.8) is 0 Å². The Morgan fingerprint density at radius 1 is 1.21 bits per heavy atom. The number of rotatable bonds is 3. The van der Waals surface area contributed by atoms with Gasteiger partial charge >= 0.3 is 0 Å². The van der Waals surface area contributed by atoms with Crippen LogP contribution in [0.1, 0.15) is 27.0 Å². The van der Waals surface area contributed by atoms with Crippen LogP contribution >= 0.6 is 11.6 Å². The van der Waals surface area contributed by atoms with E-state index in [4.69, 9.17) is 11.6 Å². The number of carbonyl (C=O) groups excluding carboxylic acids is 1. The molecule has 0 aliphatic carbocycles. The Balaban J connectivity index is 2.31. The molecule has 3 heteroatoms. The molecule has 0 fully saturated rings. The van der Waals surface area contributed by atoms with E-state index in [0.717, 1.165) is 11.1 Å². The van der Waals surface area contributed by atoms with Gasteiger partial charge < -0.3 is 0 Å². The van der Waals surface area contributed by atoms with Crippen molar-refractivity contribution >= 4 is 17.4 Å². The van der Waals surface area contributed by atoms with E-state index in [0.29, 0.717) is 16.1 Å². The molecule has 0 aliphatic rings. The van der Waals surface area contributed by atoms with Crippen molar-refractivity contribution in [1.29, 1.82) is 0 Å². The summed E-state index contributed by atoms with van der Waals surface area (Å²) in [6.07, 6.45) is 0.0245. The van der Waals surface area contributed by atoms with Crippen LogP contribution in [-0.2, 0) is 6.42 Å². The maximum Gasteiger partial charge on any atom is 0.167 e. The molecule has 0 saturated heterocycles. The topological polar surface area (TPSA) is 17.1 Å². The fraction of sp³-hybridized carbons (Fsp3) is 0.188. The maximum atomic E-state index is 13.6. The Hall–Kier alpha value is -1.67. The number of benzene rings is 2. The van der Waals surface area contributed by atoms with Crippen molar-refractivity contribution in [2.45, 2.75) is 20.3 Å². The van der Waals surface area contributed by atoms with E-state index in [9.17, 15) is 9.18 Å². The predicted octanol–water partition coefficient (Wildman–Crippen LogP) is 4.52. The summed E-state index contributed by atoms with van der Waals surface area (Å²) in [5.74, 6) is -0.495. The predicted molar refractivity (Wildman–Crippen MR) is 75.4 cm³/mol. The lowest BCUT2D eigenvalue weighted by atomic mass is 9.96. The molecule has 0 saturated carbocycles. The van der Waals surface area contributed by atoms with Crippen LogP contribution in [-0.4, -0.2) is 5.78 Å². The molecule has 0 spiro atoms. The van der Waals surface area contributed by atoms with Crippen molar-refractivity contribution in [3.8, 4) is 0 Å². The highest BCUT2D eigenvalue weighted by atomic mass is 35.5. The standard InChI is InChI=1S/C16H14ClFO/c1-10-4-3-5-14(11(10)2)16(19)9-12-8-13(17)6-7-15(12)18/h3-8H,9H2,1-2H3. The molecule has 0 heterocycles. The van der Waals surface area contributed by atoms with Gasteiger partial charge in [0.15, 0.2) is 5.78 Å². The Bertz CT molecular complexity index is 635. The van der Waals surface area contributed by atoms with Gasteiger partial charge in [0.05, 0.1) is 0 Å². The smallest absolute Gasteiger partial charge is 0.167 e. The first kappa shape index (κ1) is 13.8. The van der Waals surface area contributed by atoms with Gasteiger partial charge in [0, 0.05) is 17.0 Å². The van der Waals surface area contributed by atoms with Crippen molar-refractivity contribution < 1.29 is 9.18 Å². The van der Waals surface area contributed by atoms with Gasteiger partial charge in [-0.1, -0.05) is 29.8 Å². The van der Waals surface area contributed by atoms with Crippen LogP contribution in [0.3, 0.4) is 0 Å². The van der Waals surface area contributed by atoms with Gasteiger partial charge in [0.2, 0.25) is 0 Å². The third-order valence-electron chi connectivity index (χ3n) is 3.26. The minimum absolute atomic E-state index is 0.0245. The summed E-state index contributed by atoms with van der Waals surface area (Å²) in [7, 11) is 0. The van der Waals surface area contributed by atoms with E-state index >= 15 is 0 Å². The maximum absolute atomic E-state index is 13.6. The first-order chi connectivity index (χ1) is 8.99. The molecule has 0 bridgehead atoms. The van der Waals surface area contributed by atoms with E-state index in [1.54, 1.807) is 6.07 Å². The van der Waals surface area contributed by atoms with Crippen LogP contribution in [0.4, 0.5) is 4.39 Å². The molecule has 2 rings (SSSR count). The van der Waals surface area contributed by atoms with Gasteiger partial charge in [-0.05, 0) is 48.7 Å². The lowest BCUT2D eigenvalue weighted by Gasteiger charge is -2.08. The minimum atomic E-state index is -0.400. The molecule has 0 N–H and O–H groups in total. The van der Waals surface area contributed by atoms with Crippen LogP contribution in [0, 0.1) is 19.7 Å². The Kier molecular flexibility index (Phi) is 4.01. The molecule has 0 atom stereocenters. The number of ketones is 1. The third-order valence-corrected chi connectivity index (χ3v) is 3.50. The Labute approximate surface area is 117 Å². The average Bonchev–Trinajstić information content (AvgIpc) is 2.37. The minimum Gasteiger partial charge on any atom is -0.294 e. The van der Waals surface area contributed by atoms with Crippen molar-refractivity contribution in [2.24, 2.45) is 0 Å². The Morgan fingerprint density at radius 3 is 2.68 bits per heavy atom. The number of hydrogen-bond acceptors (Lipinski definition) is 1. The summed E-state index contributed by atoms with van der Waals surface area (Å²) < 4.78 is 13.6. The fourth-order valence-electron chi connectivity index (χ4n) is 2.00. The number of hydrogen-bond donors (Lipinski definition) is 0.